The van der Waals surface area contributed by atoms with Crippen molar-refractivity contribution in [2.45, 2.75) is 0 Å². The van der Waals surface area contributed by atoms with E-state index < -0.39 is 6.03 Å². The van der Waals surface area contributed by atoms with Gasteiger partial charge in [-0.2, -0.15) is 0 Å². The van der Waals surface area contributed by atoms with Crippen LogP contribution in [0.15, 0.2) is 72.9 Å². The third kappa shape index (κ3) is 2.78. The summed E-state index contributed by atoms with van der Waals surface area (Å²) >= 11 is 0. The lowest BCUT2D eigenvalue weighted by Gasteiger charge is -2.18. The van der Waals surface area contributed by atoms with Gasteiger partial charge < -0.3 is 5.73 Å². The molecule has 0 aliphatic carbocycles. The number of primary amides is 1. The Balaban J connectivity index is 2.05. The second-order valence-corrected chi connectivity index (χ2v) is 4.62. The number of benzene rings is 2. The van der Waals surface area contributed by atoms with E-state index in [1.165, 1.54) is 4.90 Å². The largest absolute Gasteiger partial charge is 0.351 e. The van der Waals surface area contributed by atoms with Crippen molar-refractivity contribution in [1.29, 1.82) is 0 Å². The van der Waals surface area contributed by atoms with Gasteiger partial charge in [-0.15, -0.1) is 0 Å². The van der Waals surface area contributed by atoms with Crippen LogP contribution in [-0.2, 0) is 0 Å². The van der Waals surface area contributed by atoms with Gasteiger partial charge in [0.25, 0.3) is 0 Å². The van der Waals surface area contributed by atoms with Crippen LogP contribution >= 0.6 is 0 Å². The minimum Gasteiger partial charge on any atom is -0.351 e. The molecule has 3 rings (SSSR count). The second-order valence-electron chi connectivity index (χ2n) is 4.62. The van der Waals surface area contributed by atoms with Gasteiger partial charge in [0.1, 0.15) is 0 Å². The van der Waals surface area contributed by atoms with E-state index in [0.717, 1.165) is 11.3 Å². The van der Waals surface area contributed by atoms with Gasteiger partial charge in [0.05, 0.1) is 11.4 Å². The first-order valence-corrected chi connectivity index (χ1v) is 6.79. The van der Waals surface area contributed by atoms with Gasteiger partial charge >= 0.3 is 6.03 Å². The summed E-state index contributed by atoms with van der Waals surface area (Å²) < 4.78 is 0. The van der Waals surface area contributed by atoms with Gasteiger partial charge in [0.15, 0.2) is 0 Å². The standard InChI is InChI=1S/C17H14N4O/c18-16(22)21(14-9-5-2-6-10-14)17-19-12-11-15(20-17)13-7-3-1-4-8-13/h1-12H,(H2,18,22). The second kappa shape index (κ2) is 6.05. The molecule has 0 atom stereocenters. The summed E-state index contributed by atoms with van der Waals surface area (Å²) in [5.41, 5.74) is 7.80. The van der Waals surface area contributed by atoms with Gasteiger partial charge in [-0.05, 0) is 18.2 Å². The molecule has 0 spiro atoms. The fourth-order valence-electron chi connectivity index (χ4n) is 2.14. The van der Waals surface area contributed by atoms with Crippen LogP contribution < -0.4 is 10.6 Å². The molecule has 0 aliphatic rings. The van der Waals surface area contributed by atoms with Crippen molar-refractivity contribution in [3.8, 4) is 11.3 Å². The molecular weight excluding hydrogens is 276 g/mol. The van der Waals surface area contributed by atoms with Crippen molar-refractivity contribution in [3.63, 3.8) is 0 Å². The Morgan fingerprint density at radius 2 is 1.55 bits per heavy atom. The van der Waals surface area contributed by atoms with E-state index in [4.69, 9.17) is 5.73 Å². The lowest BCUT2D eigenvalue weighted by Crippen LogP contribution is -2.32. The Bertz CT molecular complexity index is 775. The minimum absolute atomic E-state index is 0.250. The third-order valence-electron chi connectivity index (χ3n) is 3.15. The van der Waals surface area contributed by atoms with Crippen LogP contribution in [0.4, 0.5) is 16.4 Å². The molecule has 2 amide bonds. The number of carbonyl (C=O) groups excluding carboxylic acids is 1. The highest BCUT2D eigenvalue weighted by Crippen LogP contribution is 2.24. The van der Waals surface area contributed by atoms with Crippen molar-refractivity contribution in [1.82, 2.24) is 9.97 Å². The van der Waals surface area contributed by atoms with E-state index in [0.29, 0.717) is 5.69 Å². The summed E-state index contributed by atoms with van der Waals surface area (Å²) in [5.74, 6) is 0.250. The van der Waals surface area contributed by atoms with Gasteiger partial charge in [0.2, 0.25) is 5.95 Å². The molecule has 5 nitrogen and oxygen atoms in total. The number of rotatable bonds is 3. The Hall–Kier alpha value is -3.21. The molecule has 0 radical (unpaired) electrons. The highest BCUT2D eigenvalue weighted by molar-refractivity contribution is 5.96. The van der Waals surface area contributed by atoms with Crippen molar-refractivity contribution >= 4 is 17.7 Å². The van der Waals surface area contributed by atoms with E-state index in [1.54, 1.807) is 24.4 Å². The molecule has 1 aromatic heterocycles. The maximum atomic E-state index is 11.8. The normalized spacial score (nSPS) is 10.2. The SMILES string of the molecule is NC(=O)N(c1ccccc1)c1nccc(-c2ccccc2)n1. The maximum absolute atomic E-state index is 11.8. The first-order valence-electron chi connectivity index (χ1n) is 6.79. The van der Waals surface area contributed by atoms with Gasteiger partial charge in [-0.1, -0.05) is 48.5 Å². The Morgan fingerprint density at radius 3 is 2.18 bits per heavy atom. The number of hydrogen-bond acceptors (Lipinski definition) is 3. The molecule has 0 saturated heterocycles. The number of urea groups is 1. The number of aromatic nitrogens is 2. The highest BCUT2D eigenvalue weighted by atomic mass is 16.2. The zero-order chi connectivity index (χ0) is 15.4. The Labute approximate surface area is 128 Å². The van der Waals surface area contributed by atoms with E-state index in [2.05, 4.69) is 9.97 Å². The average Bonchev–Trinajstić information content (AvgIpc) is 2.57. The number of amides is 2. The summed E-state index contributed by atoms with van der Waals surface area (Å²) in [6, 6.07) is 19.9. The zero-order valence-electron chi connectivity index (χ0n) is 11.8. The molecule has 108 valence electrons. The van der Waals surface area contributed by atoms with Crippen LogP contribution in [0.2, 0.25) is 0 Å². The topological polar surface area (TPSA) is 72.1 Å². The van der Waals surface area contributed by atoms with Crippen LogP contribution in [0.5, 0.6) is 0 Å². The highest BCUT2D eigenvalue weighted by Gasteiger charge is 2.18. The smallest absolute Gasteiger partial charge is 0.326 e. The fourth-order valence-corrected chi connectivity index (χ4v) is 2.14. The summed E-state index contributed by atoms with van der Waals surface area (Å²) in [5, 5.41) is 0. The van der Waals surface area contributed by atoms with Crippen LogP contribution in [-0.4, -0.2) is 16.0 Å². The summed E-state index contributed by atoms with van der Waals surface area (Å²) in [6.45, 7) is 0. The summed E-state index contributed by atoms with van der Waals surface area (Å²) in [7, 11) is 0. The van der Waals surface area contributed by atoms with Crippen LogP contribution in [0, 0.1) is 0 Å². The van der Waals surface area contributed by atoms with Crippen molar-refractivity contribution in [3.05, 3.63) is 72.9 Å². The Morgan fingerprint density at radius 1 is 0.909 bits per heavy atom. The van der Waals surface area contributed by atoms with Crippen molar-refractivity contribution in [2.75, 3.05) is 4.90 Å². The number of carbonyl (C=O) groups is 1. The summed E-state index contributed by atoms with van der Waals surface area (Å²) in [6.07, 6.45) is 1.61. The minimum atomic E-state index is -0.628. The molecule has 3 aromatic rings. The molecule has 0 fully saturated rings. The number of para-hydroxylation sites is 1. The van der Waals surface area contributed by atoms with Crippen LogP contribution in [0.25, 0.3) is 11.3 Å². The van der Waals surface area contributed by atoms with E-state index in [1.807, 2.05) is 48.5 Å². The average molecular weight is 290 g/mol. The molecule has 22 heavy (non-hydrogen) atoms. The number of nitrogens with two attached hydrogens (primary N) is 1. The lowest BCUT2D eigenvalue weighted by molar-refractivity contribution is 0.256. The molecular formula is C17H14N4O. The molecule has 0 aliphatic heterocycles. The van der Waals surface area contributed by atoms with Gasteiger partial charge in [0, 0.05) is 11.8 Å². The maximum Gasteiger partial charge on any atom is 0.326 e. The molecule has 0 unspecified atom stereocenters. The molecule has 5 heteroatoms. The quantitative estimate of drug-likeness (QED) is 0.804. The summed E-state index contributed by atoms with van der Waals surface area (Å²) in [4.78, 5) is 21.7. The zero-order valence-corrected chi connectivity index (χ0v) is 11.8. The van der Waals surface area contributed by atoms with Crippen LogP contribution in [0.1, 0.15) is 0 Å². The molecule has 0 saturated carbocycles. The van der Waals surface area contributed by atoms with Crippen molar-refractivity contribution in [2.24, 2.45) is 5.73 Å². The van der Waals surface area contributed by atoms with Gasteiger partial charge in [-0.25, -0.2) is 19.7 Å². The first-order chi connectivity index (χ1) is 10.8. The van der Waals surface area contributed by atoms with Gasteiger partial charge in [-0.3, -0.25) is 0 Å². The molecule has 2 N–H and O–H groups in total. The number of anilines is 2. The first kappa shape index (κ1) is 13.8. The van der Waals surface area contributed by atoms with E-state index in [-0.39, 0.29) is 5.95 Å². The fraction of sp³-hybridized carbons (Fsp3) is 0. The predicted octanol–water partition coefficient (Wildman–Crippen LogP) is 3.36. The molecule has 1 heterocycles. The molecule has 2 aromatic carbocycles. The lowest BCUT2D eigenvalue weighted by atomic mass is 10.1. The van der Waals surface area contributed by atoms with E-state index >= 15 is 0 Å². The number of hydrogen-bond donors (Lipinski definition) is 1. The van der Waals surface area contributed by atoms with Crippen LogP contribution in [0.3, 0.4) is 0 Å². The van der Waals surface area contributed by atoms with Crippen molar-refractivity contribution < 1.29 is 4.79 Å². The Kier molecular flexibility index (Phi) is 3.78. The third-order valence-corrected chi connectivity index (χ3v) is 3.15. The molecule has 0 bridgehead atoms. The predicted molar refractivity (Wildman–Crippen MR) is 85.6 cm³/mol. The van der Waals surface area contributed by atoms with E-state index in [9.17, 15) is 4.79 Å². The number of nitrogens with zero attached hydrogens (tertiary/aromatic N) is 3. The monoisotopic (exact) mass is 290 g/mol.